The summed E-state index contributed by atoms with van der Waals surface area (Å²) in [6, 6.07) is 21.6. The molecule has 0 unspecified atom stereocenters. The number of hydrogen-bond acceptors (Lipinski definition) is 5. The van der Waals surface area contributed by atoms with E-state index in [9.17, 15) is 9.59 Å². The minimum absolute atomic E-state index is 0.0158. The number of nitrogens with one attached hydrogen (secondary N) is 2. The molecule has 200 valence electrons. The fraction of sp³-hybridized carbons (Fsp3) is 0.273. The van der Waals surface area contributed by atoms with Gasteiger partial charge in [0.2, 0.25) is 0 Å². The second kappa shape index (κ2) is 10.8. The van der Waals surface area contributed by atoms with Gasteiger partial charge < -0.3 is 20.1 Å². The fourth-order valence-electron chi connectivity index (χ4n) is 5.61. The van der Waals surface area contributed by atoms with Gasteiger partial charge in [-0.1, -0.05) is 53.6 Å². The maximum atomic E-state index is 13.9. The van der Waals surface area contributed by atoms with Crippen molar-refractivity contribution in [3.05, 3.63) is 112 Å². The summed E-state index contributed by atoms with van der Waals surface area (Å²) in [5.74, 6) is 0.658. The highest BCUT2D eigenvalue weighted by molar-refractivity contribution is 6.10. The van der Waals surface area contributed by atoms with Crippen molar-refractivity contribution in [1.82, 2.24) is 5.32 Å². The average molecular weight is 523 g/mol. The van der Waals surface area contributed by atoms with Crippen molar-refractivity contribution in [1.29, 1.82) is 0 Å². The van der Waals surface area contributed by atoms with Crippen LogP contribution in [0.5, 0.6) is 11.5 Å². The van der Waals surface area contributed by atoms with Crippen LogP contribution in [0.2, 0.25) is 0 Å². The molecule has 2 atom stereocenters. The second-order valence-electron chi connectivity index (χ2n) is 10.4. The van der Waals surface area contributed by atoms with Gasteiger partial charge in [-0.2, -0.15) is 0 Å². The molecule has 6 heteroatoms. The van der Waals surface area contributed by atoms with E-state index in [1.807, 2.05) is 87.5 Å². The number of amides is 1. The summed E-state index contributed by atoms with van der Waals surface area (Å²) in [7, 11) is 3.22. The molecule has 1 aliphatic carbocycles. The Morgan fingerprint density at radius 1 is 0.821 bits per heavy atom. The minimum Gasteiger partial charge on any atom is -0.493 e. The van der Waals surface area contributed by atoms with Crippen LogP contribution in [0.15, 0.2) is 89.3 Å². The molecule has 0 aromatic heterocycles. The molecule has 1 heterocycles. The van der Waals surface area contributed by atoms with Gasteiger partial charge in [0.1, 0.15) is 0 Å². The van der Waals surface area contributed by atoms with E-state index in [1.165, 1.54) is 0 Å². The SMILES string of the molecule is COc1ccc([C@@H]2CC(=O)C3=C(C2)NC(C)=C(C(=O)Nc2ccc(C)cc2)[C@H]3c2ccc(C)cc2)cc1OC. The predicted molar refractivity (Wildman–Crippen MR) is 153 cm³/mol. The monoisotopic (exact) mass is 522 g/mol. The quantitative estimate of drug-likeness (QED) is 0.396. The molecule has 0 bridgehead atoms. The van der Waals surface area contributed by atoms with Crippen molar-refractivity contribution in [2.45, 2.75) is 45.4 Å². The molecule has 1 aliphatic heterocycles. The standard InChI is InChI=1S/C33H34N2O4/c1-19-6-10-22(11-7-19)31-30(33(37)35-25-13-8-20(2)9-14-25)21(3)34-26-16-24(17-27(36)32(26)31)23-12-15-28(38-4)29(18-23)39-5/h6-15,18,24,31,34H,16-17H2,1-5H3,(H,35,37)/t24-,31+/m0/s1. The summed E-state index contributed by atoms with van der Waals surface area (Å²) < 4.78 is 10.9. The Bertz CT molecular complexity index is 1480. The summed E-state index contributed by atoms with van der Waals surface area (Å²) in [6.45, 7) is 5.96. The Labute approximate surface area is 229 Å². The van der Waals surface area contributed by atoms with E-state index >= 15 is 0 Å². The highest BCUT2D eigenvalue weighted by atomic mass is 16.5. The van der Waals surface area contributed by atoms with Gasteiger partial charge in [0, 0.05) is 40.6 Å². The third-order valence-corrected chi connectivity index (χ3v) is 7.67. The number of ether oxygens (including phenoxy) is 2. The van der Waals surface area contributed by atoms with E-state index in [0.717, 1.165) is 39.3 Å². The average Bonchev–Trinajstić information content (AvgIpc) is 2.93. The molecule has 3 aromatic rings. The Morgan fingerprint density at radius 2 is 1.44 bits per heavy atom. The number of rotatable bonds is 6. The molecule has 6 nitrogen and oxygen atoms in total. The van der Waals surface area contributed by atoms with Gasteiger partial charge in [0.25, 0.3) is 5.91 Å². The van der Waals surface area contributed by atoms with Gasteiger partial charge in [-0.05, 0) is 68.5 Å². The van der Waals surface area contributed by atoms with Crippen molar-refractivity contribution in [3.8, 4) is 11.5 Å². The molecular formula is C33H34N2O4. The van der Waals surface area contributed by atoms with E-state index in [-0.39, 0.29) is 17.6 Å². The van der Waals surface area contributed by atoms with Crippen LogP contribution >= 0.6 is 0 Å². The number of carbonyl (C=O) groups is 2. The number of anilines is 1. The second-order valence-corrected chi connectivity index (χ2v) is 10.4. The van der Waals surface area contributed by atoms with Gasteiger partial charge in [-0.15, -0.1) is 0 Å². The number of methoxy groups -OCH3 is 2. The van der Waals surface area contributed by atoms with Crippen molar-refractivity contribution >= 4 is 17.4 Å². The van der Waals surface area contributed by atoms with E-state index in [2.05, 4.69) is 10.6 Å². The van der Waals surface area contributed by atoms with Crippen LogP contribution in [-0.2, 0) is 9.59 Å². The maximum Gasteiger partial charge on any atom is 0.254 e. The third-order valence-electron chi connectivity index (χ3n) is 7.67. The number of allylic oxidation sites excluding steroid dienone is 3. The van der Waals surface area contributed by atoms with Crippen LogP contribution in [0.4, 0.5) is 5.69 Å². The number of carbonyl (C=O) groups excluding carboxylic acids is 2. The molecule has 0 spiro atoms. The number of aryl methyl sites for hydroxylation is 2. The van der Waals surface area contributed by atoms with Gasteiger partial charge >= 0.3 is 0 Å². The zero-order valence-corrected chi connectivity index (χ0v) is 23.1. The summed E-state index contributed by atoms with van der Waals surface area (Å²) in [6.07, 6.45) is 1.01. The normalized spacial score (nSPS) is 18.8. The fourth-order valence-corrected chi connectivity index (χ4v) is 5.61. The number of hydrogen-bond donors (Lipinski definition) is 2. The lowest BCUT2D eigenvalue weighted by atomic mass is 9.71. The molecule has 0 saturated carbocycles. The van der Waals surface area contributed by atoms with Crippen LogP contribution in [-0.4, -0.2) is 25.9 Å². The van der Waals surface area contributed by atoms with E-state index in [4.69, 9.17) is 9.47 Å². The molecule has 39 heavy (non-hydrogen) atoms. The number of benzene rings is 3. The van der Waals surface area contributed by atoms with Gasteiger partial charge in [-0.25, -0.2) is 0 Å². The van der Waals surface area contributed by atoms with Crippen LogP contribution in [0.3, 0.4) is 0 Å². The first-order valence-corrected chi connectivity index (χ1v) is 13.2. The van der Waals surface area contributed by atoms with E-state index in [0.29, 0.717) is 35.5 Å². The molecule has 5 rings (SSSR count). The van der Waals surface area contributed by atoms with Crippen LogP contribution in [0.1, 0.15) is 53.9 Å². The molecule has 0 saturated heterocycles. The van der Waals surface area contributed by atoms with Crippen LogP contribution in [0, 0.1) is 13.8 Å². The van der Waals surface area contributed by atoms with E-state index < -0.39 is 5.92 Å². The van der Waals surface area contributed by atoms with Crippen molar-refractivity contribution in [2.75, 3.05) is 19.5 Å². The van der Waals surface area contributed by atoms with Crippen molar-refractivity contribution in [2.24, 2.45) is 0 Å². The van der Waals surface area contributed by atoms with Crippen LogP contribution in [0.25, 0.3) is 0 Å². The molecular weight excluding hydrogens is 488 g/mol. The topological polar surface area (TPSA) is 76.7 Å². The Kier molecular flexibility index (Phi) is 7.29. The zero-order chi connectivity index (χ0) is 27.7. The number of ketones is 1. The molecule has 2 N–H and O–H groups in total. The first-order chi connectivity index (χ1) is 18.8. The third kappa shape index (κ3) is 5.19. The maximum absolute atomic E-state index is 13.9. The van der Waals surface area contributed by atoms with Gasteiger partial charge in [0.15, 0.2) is 17.3 Å². The van der Waals surface area contributed by atoms with Crippen molar-refractivity contribution in [3.63, 3.8) is 0 Å². The van der Waals surface area contributed by atoms with Crippen LogP contribution < -0.4 is 20.1 Å². The summed E-state index contributed by atoms with van der Waals surface area (Å²) in [5, 5.41) is 6.51. The first kappa shape index (κ1) is 26.3. The molecule has 0 fully saturated rings. The highest BCUT2D eigenvalue weighted by Gasteiger charge is 2.41. The number of Topliss-reactive ketones (excluding diaryl/α,β-unsaturated/α-hetero) is 1. The summed E-state index contributed by atoms with van der Waals surface area (Å²) >= 11 is 0. The lowest BCUT2D eigenvalue weighted by molar-refractivity contribution is -0.116. The first-order valence-electron chi connectivity index (χ1n) is 13.2. The predicted octanol–water partition coefficient (Wildman–Crippen LogP) is 6.32. The molecule has 2 aliphatic rings. The Morgan fingerprint density at radius 3 is 2.08 bits per heavy atom. The Hall–Kier alpha value is -4.32. The van der Waals surface area contributed by atoms with Gasteiger partial charge in [-0.3, -0.25) is 9.59 Å². The molecule has 3 aromatic carbocycles. The Balaban J connectivity index is 1.53. The van der Waals surface area contributed by atoms with E-state index in [1.54, 1.807) is 14.2 Å². The lowest BCUT2D eigenvalue weighted by Crippen LogP contribution is -2.37. The zero-order valence-electron chi connectivity index (χ0n) is 23.1. The number of dihydropyridines is 1. The van der Waals surface area contributed by atoms with Gasteiger partial charge in [0.05, 0.1) is 14.2 Å². The summed E-state index contributed by atoms with van der Waals surface area (Å²) in [4.78, 5) is 27.6. The molecule has 1 amide bonds. The summed E-state index contributed by atoms with van der Waals surface area (Å²) in [5.41, 5.74) is 7.78. The minimum atomic E-state index is -0.453. The molecule has 0 radical (unpaired) electrons. The van der Waals surface area contributed by atoms with Crippen molar-refractivity contribution < 1.29 is 19.1 Å². The smallest absolute Gasteiger partial charge is 0.254 e. The lowest BCUT2D eigenvalue weighted by Gasteiger charge is -2.37. The highest BCUT2D eigenvalue weighted by Crippen LogP contribution is 2.46. The largest absolute Gasteiger partial charge is 0.493 e.